The Bertz CT molecular complexity index is 1070. The molecule has 6 heteroatoms. The molecule has 4 rings (SSSR count). The fraction of sp³-hybridized carbons (Fsp3) is 0.136. The van der Waals surface area contributed by atoms with E-state index in [1.165, 1.54) is 4.90 Å². The van der Waals surface area contributed by atoms with Gasteiger partial charge in [-0.05, 0) is 49.2 Å². The van der Waals surface area contributed by atoms with Gasteiger partial charge in [0.05, 0.1) is 6.54 Å². The van der Waals surface area contributed by atoms with Gasteiger partial charge in [-0.1, -0.05) is 30.3 Å². The molecule has 28 heavy (non-hydrogen) atoms. The molecule has 3 amide bonds. The maximum atomic E-state index is 12.8. The third-order valence-electron chi connectivity index (χ3n) is 4.84. The Kier molecular flexibility index (Phi) is 4.53. The lowest BCUT2D eigenvalue weighted by molar-refractivity contribution is -0.123. The second-order valence-electron chi connectivity index (χ2n) is 6.73. The highest BCUT2D eigenvalue weighted by Crippen LogP contribution is 2.24. The molecule has 1 aliphatic heterocycles. The molecular formula is C22H20N4O2. The van der Waals surface area contributed by atoms with Gasteiger partial charge in [0, 0.05) is 29.5 Å². The summed E-state index contributed by atoms with van der Waals surface area (Å²) in [6.07, 6.45) is 5.23. The Morgan fingerprint density at radius 3 is 2.46 bits per heavy atom. The molecule has 0 radical (unpaired) electrons. The van der Waals surface area contributed by atoms with Crippen molar-refractivity contribution in [2.24, 2.45) is 0 Å². The average Bonchev–Trinajstić information content (AvgIpc) is 3.13. The van der Waals surface area contributed by atoms with Crippen molar-refractivity contribution >= 4 is 18.0 Å². The molecule has 0 spiro atoms. The Hall–Kier alpha value is -3.67. The summed E-state index contributed by atoms with van der Waals surface area (Å²) in [7, 11) is 0. The number of hydrogen-bond acceptors (Lipinski definition) is 3. The highest BCUT2D eigenvalue weighted by atomic mass is 16.2. The van der Waals surface area contributed by atoms with Crippen LogP contribution in [0.2, 0.25) is 0 Å². The number of urea groups is 1. The first-order valence-corrected chi connectivity index (χ1v) is 9.02. The van der Waals surface area contributed by atoms with Gasteiger partial charge in [0.15, 0.2) is 0 Å². The minimum Gasteiger partial charge on any atom is -0.318 e. The first-order valence-electron chi connectivity index (χ1n) is 9.02. The van der Waals surface area contributed by atoms with Crippen LogP contribution in [-0.4, -0.2) is 26.4 Å². The predicted molar refractivity (Wildman–Crippen MR) is 107 cm³/mol. The van der Waals surface area contributed by atoms with E-state index >= 15 is 0 Å². The normalized spacial score (nSPS) is 15.4. The zero-order chi connectivity index (χ0) is 19.7. The van der Waals surface area contributed by atoms with E-state index in [4.69, 9.17) is 0 Å². The number of amides is 3. The standard InChI is InChI=1S/C22H20N4O2/c1-15-12-18(16(2)26(15)19-8-10-23-11-9-19)13-20-21(27)25(22(28)24-20)14-17-6-4-3-5-7-17/h3-13H,14H2,1-2H3,(H,24,28)/b20-13+. The van der Waals surface area contributed by atoms with Crippen molar-refractivity contribution in [2.75, 3.05) is 0 Å². The Labute approximate surface area is 163 Å². The van der Waals surface area contributed by atoms with Gasteiger partial charge in [-0.2, -0.15) is 0 Å². The number of hydrogen-bond donors (Lipinski definition) is 1. The van der Waals surface area contributed by atoms with Gasteiger partial charge in [-0.15, -0.1) is 0 Å². The van der Waals surface area contributed by atoms with Crippen molar-refractivity contribution in [1.82, 2.24) is 19.8 Å². The monoisotopic (exact) mass is 372 g/mol. The fourth-order valence-electron chi connectivity index (χ4n) is 3.46. The molecule has 0 unspecified atom stereocenters. The lowest BCUT2D eigenvalue weighted by Gasteiger charge is -2.11. The Morgan fingerprint density at radius 2 is 1.75 bits per heavy atom. The van der Waals surface area contributed by atoms with Gasteiger partial charge in [0.1, 0.15) is 5.70 Å². The Balaban J connectivity index is 1.63. The van der Waals surface area contributed by atoms with Crippen LogP contribution in [0.25, 0.3) is 11.8 Å². The molecule has 0 aliphatic carbocycles. The van der Waals surface area contributed by atoms with Crippen molar-refractivity contribution < 1.29 is 9.59 Å². The number of carbonyl (C=O) groups is 2. The number of rotatable bonds is 4. The van der Waals surface area contributed by atoms with Crippen LogP contribution in [0.3, 0.4) is 0 Å². The number of carbonyl (C=O) groups excluding carboxylic acids is 2. The van der Waals surface area contributed by atoms with Gasteiger partial charge in [0.2, 0.25) is 0 Å². The maximum absolute atomic E-state index is 12.8. The third-order valence-corrected chi connectivity index (χ3v) is 4.84. The molecule has 3 aromatic rings. The van der Waals surface area contributed by atoms with Crippen LogP contribution < -0.4 is 5.32 Å². The van der Waals surface area contributed by atoms with E-state index in [1.54, 1.807) is 18.5 Å². The van der Waals surface area contributed by atoms with E-state index in [1.807, 2.05) is 62.4 Å². The van der Waals surface area contributed by atoms with Gasteiger partial charge in [-0.25, -0.2) is 4.79 Å². The quantitative estimate of drug-likeness (QED) is 0.562. The van der Waals surface area contributed by atoms with E-state index in [2.05, 4.69) is 14.9 Å². The Morgan fingerprint density at radius 1 is 1.04 bits per heavy atom. The summed E-state index contributed by atoms with van der Waals surface area (Å²) in [4.78, 5) is 30.3. The summed E-state index contributed by atoms with van der Waals surface area (Å²) in [6.45, 7) is 4.24. The highest BCUT2D eigenvalue weighted by molar-refractivity contribution is 6.13. The summed E-state index contributed by atoms with van der Waals surface area (Å²) in [6, 6.07) is 14.9. The number of aryl methyl sites for hydroxylation is 1. The van der Waals surface area contributed by atoms with Crippen LogP contribution in [0, 0.1) is 13.8 Å². The van der Waals surface area contributed by atoms with Crippen molar-refractivity contribution in [3.05, 3.63) is 89.1 Å². The number of benzene rings is 1. The first kappa shape index (κ1) is 17.7. The molecule has 140 valence electrons. The molecule has 0 atom stereocenters. The molecule has 1 fully saturated rings. The first-order chi connectivity index (χ1) is 13.5. The number of pyridine rings is 1. The van der Waals surface area contributed by atoms with Crippen LogP contribution in [0.15, 0.2) is 66.6 Å². The van der Waals surface area contributed by atoms with E-state index in [9.17, 15) is 9.59 Å². The molecule has 1 N–H and O–H groups in total. The molecule has 1 aliphatic rings. The van der Waals surface area contributed by atoms with Crippen molar-refractivity contribution in [1.29, 1.82) is 0 Å². The van der Waals surface area contributed by atoms with Crippen molar-refractivity contribution in [3.8, 4) is 5.69 Å². The molecule has 0 saturated carbocycles. The largest absolute Gasteiger partial charge is 0.329 e. The van der Waals surface area contributed by atoms with Crippen LogP contribution in [0.4, 0.5) is 4.79 Å². The summed E-state index contributed by atoms with van der Waals surface area (Å²) in [5, 5.41) is 2.70. The molecule has 1 aromatic carbocycles. The average molecular weight is 372 g/mol. The SMILES string of the molecule is Cc1cc(/C=C2/NC(=O)N(Cc3ccccc3)C2=O)c(C)n1-c1ccncc1. The van der Waals surface area contributed by atoms with Crippen molar-refractivity contribution in [3.63, 3.8) is 0 Å². The zero-order valence-corrected chi connectivity index (χ0v) is 15.7. The molecule has 6 nitrogen and oxygen atoms in total. The number of imide groups is 1. The molecule has 1 saturated heterocycles. The predicted octanol–water partition coefficient (Wildman–Crippen LogP) is 3.58. The molecule has 0 bridgehead atoms. The maximum Gasteiger partial charge on any atom is 0.329 e. The lowest BCUT2D eigenvalue weighted by Crippen LogP contribution is -2.30. The van der Waals surface area contributed by atoms with Crippen LogP contribution in [0.1, 0.15) is 22.5 Å². The smallest absolute Gasteiger partial charge is 0.318 e. The minimum absolute atomic E-state index is 0.249. The third kappa shape index (κ3) is 3.20. The minimum atomic E-state index is -0.400. The van der Waals surface area contributed by atoms with Gasteiger partial charge in [-0.3, -0.25) is 14.7 Å². The van der Waals surface area contributed by atoms with Gasteiger partial charge in [0.25, 0.3) is 5.91 Å². The van der Waals surface area contributed by atoms with E-state index in [0.29, 0.717) is 0 Å². The van der Waals surface area contributed by atoms with Crippen LogP contribution >= 0.6 is 0 Å². The number of nitrogens with one attached hydrogen (secondary N) is 1. The molecule has 3 heterocycles. The van der Waals surface area contributed by atoms with Crippen LogP contribution in [-0.2, 0) is 11.3 Å². The van der Waals surface area contributed by atoms with E-state index in [0.717, 1.165) is 28.2 Å². The second-order valence-corrected chi connectivity index (χ2v) is 6.73. The van der Waals surface area contributed by atoms with Gasteiger partial charge < -0.3 is 9.88 Å². The topological polar surface area (TPSA) is 67.2 Å². The molecule has 2 aromatic heterocycles. The number of nitrogens with zero attached hydrogens (tertiary/aromatic N) is 3. The summed E-state index contributed by atoms with van der Waals surface area (Å²) >= 11 is 0. The van der Waals surface area contributed by atoms with Crippen molar-refractivity contribution in [2.45, 2.75) is 20.4 Å². The summed E-state index contributed by atoms with van der Waals surface area (Å²) in [5.74, 6) is -0.317. The second kappa shape index (κ2) is 7.15. The number of aromatic nitrogens is 2. The van der Waals surface area contributed by atoms with E-state index < -0.39 is 6.03 Å². The van der Waals surface area contributed by atoms with E-state index in [-0.39, 0.29) is 18.1 Å². The van der Waals surface area contributed by atoms with Gasteiger partial charge >= 0.3 is 6.03 Å². The molecular weight excluding hydrogens is 352 g/mol. The van der Waals surface area contributed by atoms with Crippen LogP contribution in [0.5, 0.6) is 0 Å². The summed E-state index contributed by atoms with van der Waals surface area (Å²) in [5.41, 5.74) is 5.11. The zero-order valence-electron chi connectivity index (χ0n) is 15.7. The summed E-state index contributed by atoms with van der Waals surface area (Å²) < 4.78 is 2.09. The highest BCUT2D eigenvalue weighted by Gasteiger charge is 2.33. The fourth-order valence-corrected chi connectivity index (χ4v) is 3.46. The lowest BCUT2D eigenvalue weighted by atomic mass is 10.2.